The van der Waals surface area contributed by atoms with Gasteiger partial charge in [0.05, 0.1) is 7.11 Å². The third-order valence-corrected chi connectivity index (χ3v) is 2.31. The minimum atomic E-state index is -0.608. The highest BCUT2D eigenvalue weighted by molar-refractivity contribution is 6.30. The summed E-state index contributed by atoms with van der Waals surface area (Å²) in [6, 6.07) is 8.71. The second-order valence-electron chi connectivity index (χ2n) is 3.20. The van der Waals surface area contributed by atoms with Gasteiger partial charge in [0.15, 0.2) is 0 Å². The SMILES string of the molecule is COC(=O)Nc1cc(-c2ccc(Cl)cc2)no1. The molecule has 6 heteroatoms. The Labute approximate surface area is 102 Å². The summed E-state index contributed by atoms with van der Waals surface area (Å²) in [5, 5.41) is 6.84. The van der Waals surface area contributed by atoms with E-state index in [1.165, 1.54) is 7.11 Å². The summed E-state index contributed by atoms with van der Waals surface area (Å²) < 4.78 is 9.36. The summed E-state index contributed by atoms with van der Waals surface area (Å²) in [7, 11) is 1.27. The first-order valence-corrected chi connectivity index (χ1v) is 5.14. The summed E-state index contributed by atoms with van der Waals surface area (Å²) in [6.45, 7) is 0. The van der Waals surface area contributed by atoms with Crippen molar-refractivity contribution in [2.24, 2.45) is 0 Å². The maximum absolute atomic E-state index is 10.9. The van der Waals surface area contributed by atoms with Crippen molar-refractivity contribution in [2.45, 2.75) is 0 Å². The number of rotatable bonds is 2. The fourth-order valence-corrected chi connectivity index (χ4v) is 1.37. The first-order chi connectivity index (χ1) is 8.19. The van der Waals surface area contributed by atoms with Gasteiger partial charge in [0.25, 0.3) is 0 Å². The summed E-state index contributed by atoms with van der Waals surface area (Å²) in [5.41, 5.74) is 1.45. The minimum Gasteiger partial charge on any atom is -0.453 e. The van der Waals surface area contributed by atoms with Crippen molar-refractivity contribution in [3.8, 4) is 11.3 Å². The number of ether oxygens (including phenoxy) is 1. The number of carbonyl (C=O) groups is 1. The molecule has 0 unspecified atom stereocenters. The van der Waals surface area contributed by atoms with Crippen LogP contribution in [0, 0.1) is 0 Å². The van der Waals surface area contributed by atoms with Crippen molar-refractivity contribution in [2.75, 3.05) is 12.4 Å². The summed E-state index contributed by atoms with van der Waals surface area (Å²) in [4.78, 5) is 10.9. The molecule has 0 spiro atoms. The van der Waals surface area contributed by atoms with Crippen LogP contribution in [0.25, 0.3) is 11.3 Å². The van der Waals surface area contributed by atoms with E-state index in [1.54, 1.807) is 18.2 Å². The maximum atomic E-state index is 10.9. The molecule has 0 atom stereocenters. The van der Waals surface area contributed by atoms with E-state index >= 15 is 0 Å². The van der Waals surface area contributed by atoms with Gasteiger partial charge >= 0.3 is 6.09 Å². The van der Waals surface area contributed by atoms with E-state index in [2.05, 4.69) is 15.2 Å². The van der Waals surface area contributed by atoms with Crippen LogP contribution >= 0.6 is 11.6 Å². The molecule has 1 aromatic carbocycles. The van der Waals surface area contributed by atoms with Crippen LogP contribution in [-0.2, 0) is 4.74 Å². The van der Waals surface area contributed by atoms with Crippen LogP contribution in [0.1, 0.15) is 0 Å². The number of amides is 1. The lowest BCUT2D eigenvalue weighted by Crippen LogP contribution is -2.09. The second kappa shape index (κ2) is 4.88. The molecule has 88 valence electrons. The summed E-state index contributed by atoms with van der Waals surface area (Å²) in [6.07, 6.45) is -0.608. The van der Waals surface area contributed by atoms with E-state index in [0.717, 1.165) is 5.56 Å². The first-order valence-electron chi connectivity index (χ1n) is 4.76. The summed E-state index contributed by atoms with van der Waals surface area (Å²) >= 11 is 5.77. The van der Waals surface area contributed by atoms with Gasteiger partial charge in [-0.25, -0.2) is 4.79 Å². The van der Waals surface area contributed by atoms with Gasteiger partial charge in [0, 0.05) is 16.7 Å². The monoisotopic (exact) mass is 252 g/mol. The predicted molar refractivity (Wildman–Crippen MR) is 63.0 cm³/mol. The molecule has 1 aromatic heterocycles. The Bertz CT molecular complexity index is 522. The number of anilines is 1. The van der Waals surface area contributed by atoms with Gasteiger partial charge in [0.1, 0.15) is 5.69 Å². The van der Waals surface area contributed by atoms with Crippen LogP contribution in [0.4, 0.5) is 10.7 Å². The van der Waals surface area contributed by atoms with Gasteiger partial charge in [-0.1, -0.05) is 28.9 Å². The van der Waals surface area contributed by atoms with Gasteiger partial charge in [0.2, 0.25) is 5.88 Å². The molecule has 17 heavy (non-hydrogen) atoms. The molecule has 0 radical (unpaired) electrons. The average molecular weight is 253 g/mol. The van der Waals surface area contributed by atoms with Crippen molar-refractivity contribution in [1.29, 1.82) is 0 Å². The molecule has 0 fully saturated rings. The number of hydrogen-bond donors (Lipinski definition) is 1. The number of aromatic nitrogens is 1. The van der Waals surface area contributed by atoms with Crippen molar-refractivity contribution in [3.63, 3.8) is 0 Å². The zero-order valence-corrected chi connectivity index (χ0v) is 9.69. The van der Waals surface area contributed by atoms with Crippen molar-refractivity contribution in [3.05, 3.63) is 35.4 Å². The summed E-state index contributed by atoms with van der Waals surface area (Å²) in [5.74, 6) is 0.224. The van der Waals surface area contributed by atoms with E-state index in [9.17, 15) is 4.79 Å². The number of halogens is 1. The molecule has 0 aliphatic heterocycles. The highest BCUT2D eigenvalue weighted by Gasteiger charge is 2.09. The largest absolute Gasteiger partial charge is 0.453 e. The Hall–Kier alpha value is -2.01. The molecule has 5 nitrogen and oxygen atoms in total. The molecule has 1 heterocycles. The quantitative estimate of drug-likeness (QED) is 0.892. The van der Waals surface area contributed by atoms with Crippen LogP contribution in [0.15, 0.2) is 34.9 Å². The number of nitrogens with one attached hydrogen (secondary N) is 1. The van der Waals surface area contributed by atoms with E-state index < -0.39 is 6.09 Å². The molecular formula is C11H9ClN2O3. The molecule has 0 saturated carbocycles. The van der Waals surface area contributed by atoms with Crippen molar-refractivity contribution in [1.82, 2.24) is 5.16 Å². The van der Waals surface area contributed by atoms with Crippen molar-refractivity contribution >= 4 is 23.6 Å². The fraction of sp³-hybridized carbons (Fsp3) is 0.0909. The minimum absolute atomic E-state index is 0.224. The van der Waals surface area contributed by atoms with E-state index in [1.807, 2.05) is 12.1 Å². The van der Waals surface area contributed by atoms with Crippen LogP contribution in [0.3, 0.4) is 0 Å². The third-order valence-electron chi connectivity index (χ3n) is 2.06. The standard InChI is InChI=1S/C11H9ClN2O3/c1-16-11(15)13-10-6-9(14-17-10)7-2-4-8(12)5-3-7/h2-6H,1H3,(H,13,15). The fourth-order valence-electron chi connectivity index (χ4n) is 1.24. The lowest BCUT2D eigenvalue weighted by atomic mass is 10.1. The lowest BCUT2D eigenvalue weighted by Gasteiger charge is -1.96. The molecule has 1 N–H and O–H groups in total. The zero-order chi connectivity index (χ0) is 12.3. The Balaban J connectivity index is 2.18. The van der Waals surface area contributed by atoms with Crippen LogP contribution in [0.5, 0.6) is 0 Å². The molecule has 0 saturated heterocycles. The van der Waals surface area contributed by atoms with Crippen LogP contribution in [-0.4, -0.2) is 18.4 Å². The Morgan fingerprint density at radius 3 is 2.76 bits per heavy atom. The first kappa shape index (κ1) is 11.5. The maximum Gasteiger partial charge on any atom is 0.413 e. The Morgan fingerprint density at radius 2 is 2.12 bits per heavy atom. The van der Waals surface area contributed by atoms with E-state index in [4.69, 9.17) is 16.1 Å². The van der Waals surface area contributed by atoms with Gasteiger partial charge in [-0.2, -0.15) is 0 Å². The van der Waals surface area contributed by atoms with E-state index in [0.29, 0.717) is 10.7 Å². The normalized spacial score (nSPS) is 10.0. The topological polar surface area (TPSA) is 64.4 Å². The van der Waals surface area contributed by atoms with Gasteiger partial charge in [-0.15, -0.1) is 0 Å². The predicted octanol–water partition coefficient (Wildman–Crippen LogP) is 3.17. The van der Waals surface area contributed by atoms with Crippen LogP contribution in [0.2, 0.25) is 5.02 Å². The highest BCUT2D eigenvalue weighted by atomic mass is 35.5. The molecule has 0 aliphatic rings. The molecule has 0 aliphatic carbocycles. The average Bonchev–Trinajstić information content (AvgIpc) is 2.78. The second-order valence-corrected chi connectivity index (χ2v) is 3.64. The van der Waals surface area contributed by atoms with Gasteiger partial charge < -0.3 is 9.26 Å². The third kappa shape index (κ3) is 2.76. The highest BCUT2D eigenvalue weighted by Crippen LogP contribution is 2.23. The Morgan fingerprint density at radius 1 is 1.41 bits per heavy atom. The van der Waals surface area contributed by atoms with Crippen molar-refractivity contribution < 1.29 is 14.1 Å². The van der Waals surface area contributed by atoms with Gasteiger partial charge in [-0.05, 0) is 12.1 Å². The molecule has 0 bridgehead atoms. The molecule has 2 rings (SSSR count). The van der Waals surface area contributed by atoms with Gasteiger partial charge in [-0.3, -0.25) is 5.32 Å². The number of nitrogens with zero attached hydrogens (tertiary/aromatic N) is 1. The van der Waals surface area contributed by atoms with E-state index in [-0.39, 0.29) is 5.88 Å². The zero-order valence-electron chi connectivity index (χ0n) is 8.94. The molecule has 2 aromatic rings. The number of benzene rings is 1. The molecule has 1 amide bonds. The number of hydrogen-bond acceptors (Lipinski definition) is 4. The smallest absolute Gasteiger partial charge is 0.413 e. The van der Waals surface area contributed by atoms with Crippen LogP contribution < -0.4 is 5.32 Å². The number of carbonyl (C=O) groups excluding carboxylic acids is 1. The number of methoxy groups -OCH3 is 1. The lowest BCUT2D eigenvalue weighted by molar-refractivity contribution is 0.186. The Kier molecular flexibility index (Phi) is 3.30. The molecular weight excluding hydrogens is 244 g/mol.